The molecule has 2 heterocycles. The summed E-state index contributed by atoms with van der Waals surface area (Å²) in [7, 11) is 0. The molecule has 9 aromatic carbocycles. The third-order valence-electron chi connectivity index (χ3n) is 13.2. The van der Waals surface area contributed by atoms with Gasteiger partial charge in [-0.2, -0.15) is 0 Å². The molecule has 292 valence electrons. The Hall–Kier alpha value is -7.36. The van der Waals surface area contributed by atoms with Crippen LogP contribution in [-0.4, -0.2) is 4.57 Å². The predicted molar refractivity (Wildman–Crippen MR) is 257 cm³/mol. The minimum Gasteiger partial charge on any atom is -0.456 e. The Kier molecular flexibility index (Phi) is 8.59. The number of fused-ring (bicyclic) bond motifs is 7. The Morgan fingerprint density at radius 1 is 0.443 bits per heavy atom. The summed E-state index contributed by atoms with van der Waals surface area (Å²) in [5.74, 6) is 0.570. The molecule has 2 aromatic heterocycles. The molecule has 3 heteroatoms. The van der Waals surface area contributed by atoms with Gasteiger partial charge >= 0.3 is 0 Å². The van der Waals surface area contributed by atoms with Crippen LogP contribution in [0, 0.1) is 0 Å². The van der Waals surface area contributed by atoms with Gasteiger partial charge in [0.2, 0.25) is 0 Å². The van der Waals surface area contributed by atoms with Crippen molar-refractivity contribution in [1.29, 1.82) is 0 Å². The van der Waals surface area contributed by atoms with Crippen LogP contribution < -0.4 is 4.90 Å². The number of rotatable bonds is 7. The fourth-order valence-electron chi connectivity index (χ4n) is 10.4. The zero-order valence-electron chi connectivity index (χ0n) is 34.0. The second kappa shape index (κ2) is 14.7. The highest BCUT2D eigenvalue weighted by Gasteiger charge is 2.25. The van der Waals surface area contributed by atoms with Crippen molar-refractivity contribution >= 4 is 71.6 Å². The van der Waals surface area contributed by atoms with Crippen molar-refractivity contribution in [1.82, 2.24) is 4.57 Å². The maximum Gasteiger partial charge on any atom is 0.137 e. The van der Waals surface area contributed by atoms with Crippen molar-refractivity contribution < 1.29 is 4.42 Å². The van der Waals surface area contributed by atoms with E-state index in [9.17, 15) is 0 Å². The van der Waals surface area contributed by atoms with Crippen molar-refractivity contribution in [2.75, 3.05) is 4.90 Å². The molecule has 1 fully saturated rings. The summed E-state index contributed by atoms with van der Waals surface area (Å²) in [5, 5.41) is 7.40. The molecule has 0 aliphatic heterocycles. The molecule has 0 spiro atoms. The zero-order valence-corrected chi connectivity index (χ0v) is 34.0. The number of nitrogens with zero attached hydrogens (tertiary/aromatic N) is 2. The van der Waals surface area contributed by atoms with Gasteiger partial charge in [0, 0.05) is 50.1 Å². The topological polar surface area (TPSA) is 21.3 Å². The molecule has 0 unspecified atom stereocenters. The lowest BCUT2D eigenvalue weighted by molar-refractivity contribution is 0.445. The molecule has 1 aliphatic rings. The Labute approximate surface area is 355 Å². The molecule has 0 saturated heterocycles. The molecule has 0 N–H and O–H groups in total. The van der Waals surface area contributed by atoms with E-state index in [-0.39, 0.29) is 0 Å². The number of hydrogen-bond acceptors (Lipinski definition) is 2. The summed E-state index contributed by atoms with van der Waals surface area (Å²) >= 11 is 0. The maximum absolute atomic E-state index is 6.58. The van der Waals surface area contributed by atoms with Crippen LogP contribution in [0.5, 0.6) is 0 Å². The fraction of sp³-hybridized carbons (Fsp3) is 0.103. The largest absolute Gasteiger partial charge is 0.456 e. The van der Waals surface area contributed by atoms with E-state index in [4.69, 9.17) is 4.42 Å². The first kappa shape index (κ1) is 35.6. The summed E-state index contributed by atoms with van der Waals surface area (Å²) in [6.45, 7) is 0. The van der Waals surface area contributed by atoms with Gasteiger partial charge in [-0.3, -0.25) is 0 Å². The van der Waals surface area contributed by atoms with E-state index in [0.717, 1.165) is 55.8 Å². The van der Waals surface area contributed by atoms with Gasteiger partial charge in [-0.15, -0.1) is 0 Å². The maximum atomic E-state index is 6.58. The Morgan fingerprint density at radius 3 is 1.95 bits per heavy atom. The highest BCUT2D eigenvalue weighted by atomic mass is 16.3. The van der Waals surface area contributed by atoms with Crippen molar-refractivity contribution in [3.05, 3.63) is 206 Å². The van der Waals surface area contributed by atoms with Gasteiger partial charge in [-0.25, -0.2) is 0 Å². The minimum absolute atomic E-state index is 0.570. The van der Waals surface area contributed by atoms with Crippen LogP contribution >= 0.6 is 0 Å². The average molecular weight is 785 g/mol. The summed E-state index contributed by atoms with van der Waals surface area (Å²) < 4.78 is 8.97. The molecular formula is C58H44N2O. The van der Waals surface area contributed by atoms with Crippen LogP contribution in [0.25, 0.3) is 82.5 Å². The second-order valence-corrected chi connectivity index (χ2v) is 16.7. The van der Waals surface area contributed by atoms with E-state index in [1.165, 1.54) is 81.4 Å². The lowest BCUT2D eigenvalue weighted by Gasteiger charge is -2.30. The molecule has 0 bridgehead atoms. The molecule has 1 saturated carbocycles. The van der Waals surface area contributed by atoms with Crippen molar-refractivity contribution in [3.63, 3.8) is 0 Å². The molecule has 0 atom stereocenters. The number of aromatic nitrogens is 1. The molecule has 12 rings (SSSR count). The summed E-state index contributed by atoms with van der Waals surface area (Å²) in [5.41, 5.74) is 14.9. The van der Waals surface area contributed by atoms with Gasteiger partial charge in [0.05, 0.1) is 22.4 Å². The van der Waals surface area contributed by atoms with E-state index in [1.807, 2.05) is 6.07 Å². The van der Waals surface area contributed by atoms with Gasteiger partial charge in [0.15, 0.2) is 0 Å². The van der Waals surface area contributed by atoms with Crippen LogP contribution in [0.3, 0.4) is 0 Å². The monoisotopic (exact) mass is 784 g/mol. The normalized spacial score (nSPS) is 13.5. The second-order valence-electron chi connectivity index (χ2n) is 16.7. The van der Waals surface area contributed by atoms with Gasteiger partial charge in [-0.05, 0) is 107 Å². The van der Waals surface area contributed by atoms with Gasteiger partial charge in [0.25, 0.3) is 0 Å². The molecule has 1 aliphatic carbocycles. The van der Waals surface area contributed by atoms with Crippen molar-refractivity contribution in [3.8, 4) is 27.9 Å². The van der Waals surface area contributed by atoms with Crippen LogP contribution in [0.2, 0.25) is 0 Å². The standard InChI is InChI=1S/C58H44N2O/c1-3-17-39(18-4-1)45-27-15-19-40-20-16-28-50(58(40)45)46-24-8-12-30-53(46)60(43-34-35-49-48-26-10-14-32-56(48)61-57(49)38-43)52-29-11-7-23-44(52)41-33-36-55-51(37-41)47-25-9-13-31-54(47)59(55)42-21-5-2-6-22-42/h2,5-16,19-39H,1,3-4,17-18H2. The lowest BCUT2D eigenvalue weighted by Crippen LogP contribution is -2.12. The predicted octanol–water partition coefficient (Wildman–Crippen LogP) is 16.7. The number of furan rings is 1. The first-order chi connectivity index (χ1) is 30.3. The first-order valence-electron chi connectivity index (χ1n) is 21.8. The molecular weight excluding hydrogens is 741 g/mol. The zero-order chi connectivity index (χ0) is 40.3. The summed E-state index contributed by atoms with van der Waals surface area (Å²) in [4.78, 5) is 2.47. The average Bonchev–Trinajstić information content (AvgIpc) is 3.87. The minimum atomic E-state index is 0.570. The quantitative estimate of drug-likeness (QED) is 0.161. The van der Waals surface area contributed by atoms with E-state index in [0.29, 0.717) is 5.92 Å². The van der Waals surface area contributed by atoms with E-state index < -0.39 is 0 Å². The van der Waals surface area contributed by atoms with Gasteiger partial charge in [0.1, 0.15) is 11.2 Å². The molecule has 3 nitrogen and oxygen atoms in total. The van der Waals surface area contributed by atoms with E-state index in [1.54, 1.807) is 0 Å². The summed E-state index contributed by atoms with van der Waals surface area (Å²) in [6.07, 6.45) is 6.43. The number of hydrogen-bond donors (Lipinski definition) is 0. The molecule has 61 heavy (non-hydrogen) atoms. The van der Waals surface area contributed by atoms with E-state index >= 15 is 0 Å². The molecule has 11 aromatic rings. The van der Waals surface area contributed by atoms with Crippen molar-refractivity contribution in [2.45, 2.75) is 38.0 Å². The van der Waals surface area contributed by atoms with Crippen LogP contribution in [0.1, 0.15) is 43.6 Å². The highest BCUT2D eigenvalue weighted by molar-refractivity contribution is 6.12. The third kappa shape index (κ3) is 5.95. The van der Waals surface area contributed by atoms with E-state index in [2.05, 4.69) is 204 Å². The van der Waals surface area contributed by atoms with Crippen molar-refractivity contribution in [2.24, 2.45) is 0 Å². The fourth-order valence-corrected chi connectivity index (χ4v) is 10.4. The first-order valence-corrected chi connectivity index (χ1v) is 21.8. The number of para-hydroxylation sites is 5. The third-order valence-corrected chi connectivity index (χ3v) is 13.2. The SMILES string of the molecule is c1ccc(-n2c3ccccc3c3cc(-c4ccccc4N(c4ccc5c(c4)oc4ccccc45)c4ccccc4-c4cccc5cccc(C6CCCCC6)c45)ccc32)cc1. The highest BCUT2D eigenvalue weighted by Crippen LogP contribution is 2.49. The van der Waals surface area contributed by atoms with Gasteiger partial charge < -0.3 is 13.9 Å². The number of benzene rings is 9. The Balaban J connectivity index is 1.10. The number of anilines is 3. The van der Waals surface area contributed by atoms with Crippen LogP contribution in [0.4, 0.5) is 17.1 Å². The Bertz CT molecular complexity index is 3420. The Morgan fingerprint density at radius 2 is 1.10 bits per heavy atom. The summed E-state index contributed by atoms with van der Waals surface area (Å²) in [6, 6.07) is 73.3. The molecule has 0 radical (unpaired) electrons. The van der Waals surface area contributed by atoms with Crippen LogP contribution in [0.15, 0.2) is 205 Å². The molecule has 0 amide bonds. The smallest absolute Gasteiger partial charge is 0.137 e. The lowest BCUT2D eigenvalue weighted by atomic mass is 9.80. The van der Waals surface area contributed by atoms with Gasteiger partial charge in [-0.1, -0.05) is 153 Å². The van der Waals surface area contributed by atoms with Crippen LogP contribution in [-0.2, 0) is 0 Å².